The van der Waals surface area contributed by atoms with E-state index in [0.717, 1.165) is 23.8 Å². The molecule has 0 spiro atoms. The van der Waals surface area contributed by atoms with Crippen molar-refractivity contribution in [3.05, 3.63) is 0 Å². The third-order valence-electron chi connectivity index (χ3n) is 2.45. The highest BCUT2D eigenvalue weighted by atomic mass is 35.5. The van der Waals surface area contributed by atoms with Crippen molar-refractivity contribution in [3.63, 3.8) is 0 Å². The van der Waals surface area contributed by atoms with E-state index in [0.29, 0.717) is 24.8 Å². The third-order valence-corrected chi connectivity index (χ3v) is 4.51. The number of hydrogen-bond acceptors (Lipinski definition) is 6. The molecule has 1 rings (SSSR count). The number of hydrogen-bond donors (Lipinski definition) is 2. The Hall–Kier alpha value is -0.110. The summed E-state index contributed by atoms with van der Waals surface area (Å²) in [6, 6.07) is 0.298. The number of rotatable bonds is 7. The van der Waals surface area contributed by atoms with Crippen LogP contribution in [0.4, 0.5) is 0 Å². The average molecular weight is 329 g/mol. The summed E-state index contributed by atoms with van der Waals surface area (Å²) in [6.07, 6.45) is 0.536. The van der Waals surface area contributed by atoms with Crippen LogP contribution in [0.5, 0.6) is 0 Å². The lowest BCUT2D eigenvalue weighted by Gasteiger charge is -2.22. The number of ether oxygens (including phenoxy) is 1. The predicted molar refractivity (Wildman–Crippen MR) is 83.3 cm³/mol. The predicted octanol–water partition coefficient (Wildman–Crippen LogP) is 0.526. The number of halogens is 1. The van der Waals surface area contributed by atoms with Crippen LogP contribution in [0.1, 0.15) is 6.42 Å². The van der Waals surface area contributed by atoms with Crippen LogP contribution >= 0.6 is 35.9 Å². The molecule has 1 unspecified atom stereocenters. The van der Waals surface area contributed by atoms with E-state index in [1.165, 1.54) is 18.9 Å². The lowest BCUT2D eigenvalue weighted by Crippen LogP contribution is -2.41. The summed E-state index contributed by atoms with van der Waals surface area (Å²) in [5.41, 5.74) is 0. The zero-order valence-electron chi connectivity index (χ0n) is 11.0. The van der Waals surface area contributed by atoms with Crippen LogP contribution in [-0.4, -0.2) is 61.1 Å². The van der Waals surface area contributed by atoms with Gasteiger partial charge in [0.15, 0.2) is 0 Å². The Bertz CT molecular complexity index is 277. The van der Waals surface area contributed by atoms with E-state index in [9.17, 15) is 9.59 Å². The first-order valence-corrected chi connectivity index (χ1v) is 8.25. The van der Waals surface area contributed by atoms with Gasteiger partial charge in [0.05, 0.1) is 12.9 Å². The van der Waals surface area contributed by atoms with E-state index >= 15 is 0 Å². The molecule has 0 bridgehead atoms. The fourth-order valence-electron chi connectivity index (χ4n) is 1.52. The summed E-state index contributed by atoms with van der Waals surface area (Å²) in [5, 5.41) is 6.19. The Morgan fingerprint density at radius 1 is 1.53 bits per heavy atom. The molecule has 1 saturated heterocycles. The number of thioether (sulfide) groups is 2. The number of esters is 1. The molecule has 1 fully saturated rings. The van der Waals surface area contributed by atoms with Crippen LogP contribution in [0.25, 0.3) is 0 Å². The third kappa shape index (κ3) is 9.43. The Kier molecular flexibility index (Phi) is 11.6. The molecule has 0 radical (unpaired) electrons. The molecule has 1 aliphatic heterocycles. The van der Waals surface area contributed by atoms with Gasteiger partial charge in [-0.15, -0.1) is 24.2 Å². The minimum atomic E-state index is -0.227. The van der Waals surface area contributed by atoms with Crippen LogP contribution in [0, 0.1) is 0 Å². The van der Waals surface area contributed by atoms with Gasteiger partial charge in [0.1, 0.15) is 0 Å². The topological polar surface area (TPSA) is 67.4 Å². The smallest absolute Gasteiger partial charge is 0.315 e. The second-order valence-corrected chi connectivity index (χ2v) is 6.16. The van der Waals surface area contributed by atoms with E-state index in [2.05, 4.69) is 15.4 Å². The average Bonchev–Trinajstić information content (AvgIpc) is 2.39. The minimum Gasteiger partial charge on any atom is -0.468 e. The van der Waals surface area contributed by atoms with Crippen LogP contribution in [0.3, 0.4) is 0 Å². The molecule has 5 nitrogen and oxygen atoms in total. The lowest BCUT2D eigenvalue weighted by atomic mass is 10.2. The van der Waals surface area contributed by atoms with Crippen LogP contribution in [-0.2, 0) is 14.3 Å². The fraction of sp³-hybridized carbons (Fsp3) is 0.818. The summed E-state index contributed by atoms with van der Waals surface area (Å²) < 4.78 is 4.52. The highest BCUT2D eigenvalue weighted by Crippen LogP contribution is 2.09. The van der Waals surface area contributed by atoms with Gasteiger partial charge in [0, 0.05) is 42.8 Å². The Balaban J connectivity index is 0.00000324. The van der Waals surface area contributed by atoms with Gasteiger partial charge in [0.2, 0.25) is 5.91 Å². The van der Waals surface area contributed by atoms with Crippen molar-refractivity contribution in [2.45, 2.75) is 12.5 Å². The molecule has 1 amide bonds. The Morgan fingerprint density at radius 2 is 2.32 bits per heavy atom. The highest BCUT2D eigenvalue weighted by Gasteiger charge is 2.16. The largest absolute Gasteiger partial charge is 0.468 e. The van der Waals surface area contributed by atoms with Crippen molar-refractivity contribution in [2.24, 2.45) is 0 Å². The molecule has 1 atom stereocenters. The van der Waals surface area contributed by atoms with E-state index < -0.39 is 0 Å². The SMILES string of the molecule is COC(=O)CSCCNC(=O)CC1CSCCN1.Cl. The summed E-state index contributed by atoms with van der Waals surface area (Å²) in [7, 11) is 1.37. The minimum absolute atomic E-state index is 0. The molecule has 8 heteroatoms. The van der Waals surface area contributed by atoms with Gasteiger partial charge < -0.3 is 15.4 Å². The van der Waals surface area contributed by atoms with Gasteiger partial charge in [0.25, 0.3) is 0 Å². The second kappa shape index (κ2) is 11.7. The molecule has 0 aromatic heterocycles. The number of methoxy groups -OCH3 is 1. The number of nitrogens with one attached hydrogen (secondary N) is 2. The van der Waals surface area contributed by atoms with E-state index in [4.69, 9.17) is 0 Å². The van der Waals surface area contributed by atoms with Gasteiger partial charge in [-0.25, -0.2) is 0 Å². The summed E-state index contributed by atoms with van der Waals surface area (Å²) in [5.74, 6) is 3.05. The monoisotopic (exact) mass is 328 g/mol. The van der Waals surface area contributed by atoms with Gasteiger partial charge in [-0.05, 0) is 0 Å². The first-order chi connectivity index (χ1) is 8.72. The highest BCUT2D eigenvalue weighted by molar-refractivity contribution is 8.00. The normalized spacial score (nSPS) is 18.3. The van der Waals surface area contributed by atoms with Crippen molar-refractivity contribution in [1.29, 1.82) is 0 Å². The fourth-order valence-corrected chi connectivity index (χ4v) is 3.15. The van der Waals surface area contributed by atoms with Gasteiger partial charge in [-0.2, -0.15) is 11.8 Å². The summed E-state index contributed by atoms with van der Waals surface area (Å²) in [6.45, 7) is 1.58. The Labute approximate surface area is 128 Å². The molecule has 0 saturated carbocycles. The van der Waals surface area contributed by atoms with E-state index in [1.54, 1.807) is 0 Å². The van der Waals surface area contributed by atoms with Crippen molar-refractivity contribution in [3.8, 4) is 0 Å². The van der Waals surface area contributed by atoms with Gasteiger partial charge >= 0.3 is 5.97 Å². The van der Waals surface area contributed by atoms with E-state index in [1.807, 2.05) is 11.8 Å². The van der Waals surface area contributed by atoms with Crippen molar-refractivity contribution >= 4 is 47.8 Å². The Morgan fingerprint density at radius 3 is 2.95 bits per heavy atom. The first-order valence-electron chi connectivity index (χ1n) is 5.94. The molecule has 2 N–H and O–H groups in total. The zero-order chi connectivity index (χ0) is 13.2. The van der Waals surface area contributed by atoms with Gasteiger partial charge in [-0.1, -0.05) is 0 Å². The molecular formula is C11H21ClN2O3S2. The molecule has 112 valence electrons. The van der Waals surface area contributed by atoms with Crippen LogP contribution < -0.4 is 10.6 Å². The standard InChI is InChI=1S/C11H20N2O3S2.ClH/c1-16-11(15)8-18-5-3-13-10(14)6-9-7-17-4-2-12-9;/h9,12H,2-8H2,1H3,(H,13,14);1H. The summed E-state index contributed by atoms with van der Waals surface area (Å²) in [4.78, 5) is 22.4. The van der Waals surface area contributed by atoms with E-state index in [-0.39, 0.29) is 24.3 Å². The molecule has 19 heavy (non-hydrogen) atoms. The number of amides is 1. The first kappa shape index (κ1) is 18.9. The maximum absolute atomic E-state index is 11.6. The van der Waals surface area contributed by atoms with Crippen LogP contribution in [0.15, 0.2) is 0 Å². The quantitative estimate of drug-likeness (QED) is 0.525. The molecule has 1 aliphatic rings. The maximum atomic E-state index is 11.6. The molecule has 0 aliphatic carbocycles. The number of carbonyl (C=O) groups is 2. The van der Waals surface area contributed by atoms with Crippen molar-refractivity contribution in [1.82, 2.24) is 10.6 Å². The maximum Gasteiger partial charge on any atom is 0.315 e. The molecule has 0 aromatic carbocycles. The summed E-state index contributed by atoms with van der Waals surface area (Å²) >= 11 is 3.35. The molecular weight excluding hydrogens is 308 g/mol. The van der Waals surface area contributed by atoms with Gasteiger partial charge in [-0.3, -0.25) is 9.59 Å². The molecule has 0 aromatic rings. The van der Waals surface area contributed by atoms with Crippen molar-refractivity contribution < 1.29 is 14.3 Å². The second-order valence-electron chi connectivity index (χ2n) is 3.91. The zero-order valence-corrected chi connectivity index (χ0v) is 13.4. The van der Waals surface area contributed by atoms with Crippen LogP contribution in [0.2, 0.25) is 0 Å². The molecule has 1 heterocycles. The lowest BCUT2D eigenvalue weighted by molar-refractivity contribution is -0.137. The van der Waals surface area contributed by atoms with Crippen molar-refractivity contribution in [2.75, 3.05) is 43.2 Å². The number of carbonyl (C=O) groups excluding carboxylic acids is 2.